The van der Waals surface area contributed by atoms with Gasteiger partial charge in [-0.05, 0) is 18.6 Å². The van der Waals surface area contributed by atoms with E-state index in [1.165, 1.54) is 0 Å². The second kappa shape index (κ2) is 3.30. The molecule has 1 aromatic heterocycles. The van der Waals surface area contributed by atoms with Crippen LogP contribution in [0.4, 0.5) is 4.39 Å². The second-order valence-corrected chi connectivity index (χ2v) is 2.13. The summed E-state index contributed by atoms with van der Waals surface area (Å²) in [4.78, 5) is 3.87. The van der Waals surface area contributed by atoms with Gasteiger partial charge >= 0.3 is 0 Å². The van der Waals surface area contributed by atoms with E-state index in [0.717, 1.165) is 0 Å². The Hall–Kier alpha value is -0.920. The minimum Gasteiger partial charge on any atom is -0.258 e. The molecule has 54 valence electrons. The van der Waals surface area contributed by atoms with E-state index in [0.29, 0.717) is 12.1 Å². The molecule has 0 aromatic carbocycles. The van der Waals surface area contributed by atoms with Gasteiger partial charge in [-0.25, -0.2) is 4.39 Å². The largest absolute Gasteiger partial charge is 0.258 e. The van der Waals surface area contributed by atoms with Crippen molar-refractivity contribution in [1.29, 1.82) is 0 Å². The lowest BCUT2D eigenvalue weighted by Gasteiger charge is -2.01. The summed E-state index contributed by atoms with van der Waals surface area (Å²) in [6.07, 6.45) is 1.20. The maximum atomic E-state index is 12.8. The van der Waals surface area contributed by atoms with Crippen LogP contribution in [-0.4, -0.2) is 4.98 Å². The summed E-state index contributed by atoms with van der Waals surface area (Å²) in [5.74, 6) is 0. The van der Waals surface area contributed by atoms with Crippen LogP contribution in [0.1, 0.15) is 25.2 Å². The van der Waals surface area contributed by atoms with Crippen molar-refractivity contribution < 1.29 is 4.39 Å². The molecule has 10 heavy (non-hydrogen) atoms. The molecule has 0 saturated carbocycles. The number of rotatable bonds is 2. The number of aromatic nitrogens is 1. The van der Waals surface area contributed by atoms with E-state index in [9.17, 15) is 4.39 Å². The third kappa shape index (κ3) is 1.53. The first kappa shape index (κ1) is 7.19. The average molecular weight is 139 g/mol. The summed E-state index contributed by atoms with van der Waals surface area (Å²) in [6.45, 7) is 1.80. The highest BCUT2D eigenvalue weighted by Crippen LogP contribution is 2.16. The van der Waals surface area contributed by atoms with E-state index >= 15 is 0 Å². The molecule has 1 nitrogen and oxygen atoms in total. The minimum absolute atomic E-state index is 0.497. The molecule has 1 unspecified atom stereocenters. The molecule has 0 N–H and O–H groups in total. The summed E-state index contributed by atoms with van der Waals surface area (Å²) in [7, 11) is 0. The van der Waals surface area contributed by atoms with Crippen LogP contribution >= 0.6 is 0 Å². The van der Waals surface area contributed by atoms with E-state index in [1.54, 1.807) is 31.3 Å². The maximum Gasteiger partial charge on any atom is 0.142 e. The number of alkyl halides is 1. The highest BCUT2D eigenvalue weighted by Gasteiger charge is 2.05. The van der Waals surface area contributed by atoms with Gasteiger partial charge in [0.05, 0.1) is 5.69 Å². The predicted octanol–water partition coefficient (Wildman–Crippen LogP) is 2.50. The molecule has 1 rings (SSSR count). The van der Waals surface area contributed by atoms with Crippen LogP contribution < -0.4 is 0 Å². The number of hydrogen-bond acceptors (Lipinski definition) is 1. The van der Waals surface area contributed by atoms with Crippen LogP contribution in [0.5, 0.6) is 0 Å². The normalized spacial score (nSPS) is 13.0. The van der Waals surface area contributed by atoms with Gasteiger partial charge < -0.3 is 0 Å². The van der Waals surface area contributed by atoms with Gasteiger partial charge in [0.2, 0.25) is 0 Å². The molecular formula is C8H10FN. The fourth-order valence-electron chi connectivity index (χ4n) is 0.770. The van der Waals surface area contributed by atoms with Crippen molar-refractivity contribution in [1.82, 2.24) is 4.98 Å². The Labute approximate surface area is 59.9 Å². The SMILES string of the molecule is CCC(F)c1ccccn1. The summed E-state index contributed by atoms with van der Waals surface area (Å²) in [5, 5.41) is 0. The quantitative estimate of drug-likeness (QED) is 0.613. The third-order valence-electron chi connectivity index (χ3n) is 1.37. The fourth-order valence-corrected chi connectivity index (χ4v) is 0.770. The Morgan fingerprint density at radius 3 is 2.90 bits per heavy atom. The Kier molecular flexibility index (Phi) is 2.37. The summed E-state index contributed by atoms with van der Waals surface area (Å²) in [6, 6.07) is 5.28. The average Bonchev–Trinajstić information content (AvgIpc) is 2.05. The standard InChI is InChI=1S/C8H10FN/c1-2-7(9)8-5-3-4-6-10-8/h3-7H,2H2,1H3. The summed E-state index contributed by atoms with van der Waals surface area (Å²) < 4.78 is 12.8. The van der Waals surface area contributed by atoms with E-state index < -0.39 is 6.17 Å². The smallest absolute Gasteiger partial charge is 0.142 e. The molecule has 1 heterocycles. The zero-order valence-electron chi connectivity index (χ0n) is 5.92. The van der Waals surface area contributed by atoms with E-state index in [-0.39, 0.29) is 0 Å². The van der Waals surface area contributed by atoms with Gasteiger partial charge in [0, 0.05) is 6.20 Å². The van der Waals surface area contributed by atoms with E-state index in [4.69, 9.17) is 0 Å². The molecule has 0 radical (unpaired) electrons. The van der Waals surface area contributed by atoms with Gasteiger partial charge in [-0.15, -0.1) is 0 Å². The first-order chi connectivity index (χ1) is 4.84. The first-order valence-electron chi connectivity index (χ1n) is 3.39. The Morgan fingerprint density at radius 1 is 1.60 bits per heavy atom. The summed E-state index contributed by atoms with van der Waals surface area (Å²) in [5.41, 5.74) is 0.532. The molecule has 0 aliphatic heterocycles. The fraction of sp³-hybridized carbons (Fsp3) is 0.375. The van der Waals surface area contributed by atoms with E-state index in [2.05, 4.69) is 4.98 Å². The highest BCUT2D eigenvalue weighted by atomic mass is 19.1. The maximum absolute atomic E-state index is 12.8. The lowest BCUT2D eigenvalue weighted by molar-refractivity contribution is 0.327. The van der Waals surface area contributed by atoms with Crippen LogP contribution in [0.3, 0.4) is 0 Å². The Morgan fingerprint density at radius 2 is 2.40 bits per heavy atom. The lowest BCUT2D eigenvalue weighted by atomic mass is 10.2. The number of halogens is 1. The highest BCUT2D eigenvalue weighted by molar-refractivity contribution is 5.06. The molecular weight excluding hydrogens is 129 g/mol. The number of hydrogen-bond donors (Lipinski definition) is 0. The molecule has 0 aliphatic carbocycles. The van der Waals surface area contributed by atoms with Crippen molar-refractivity contribution in [3.05, 3.63) is 30.1 Å². The van der Waals surface area contributed by atoms with Gasteiger partial charge in [-0.2, -0.15) is 0 Å². The Balaban J connectivity index is 2.75. The second-order valence-electron chi connectivity index (χ2n) is 2.13. The van der Waals surface area contributed by atoms with Crippen molar-refractivity contribution in [3.63, 3.8) is 0 Å². The molecule has 0 saturated heterocycles. The molecule has 0 bridgehead atoms. The Bertz CT molecular complexity index is 186. The topological polar surface area (TPSA) is 12.9 Å². The van der Waals surface area contributed by atoms with Crippen LogP contribution in [0, 0.1) is 0 Å². The zero-order valence-corrected chi connectivity index (χ0v) is 5.92. The number of nitrogens with zero attached hydrogens (tertiary/aromatic N) is 1. The van der Waals surface area contributed by atoms with Crippen molar-refractivity contribution in [2.24, 2.45) is 0 Å². The number of pyridine rings is 1. The van der Waals surface area contributed by atoms with E-state index in [1.807, 2.05) is 0 Å². The lowest BCUT2D eigenvalue weighted by Crippen LogP contribution is -1.91. The summed E-state index contributed by atoms with van der Waals surface area (Å²) >= 11 is 0. The monoisotopic (exact) mass is 139 g/mol. The zero-order chi connectivity index (χ0) is 7.40. The third-order valence-corrected chi connectivity index (χ3v) is 1.37. The van der Waals surface area contributed by atoms with Crippen molar-refractivity contribution >= 4 is 0 Å². The van der Waals surface area contributed by atoms with Gasteiger partial charge in [-0.1, -0.05) is 13.0 Å². The van der Waals surface area contributed by atoms with Crippen LogP contribution in [0.25, 0.3) is 0 Å². The molecule has 0 aliphatic rings. The van der Waals surface area contributed by atoms with Crippen molar-refractivity contribution in [2.75, 3.05) is 0 Å². The molecule has 1 aromatic rings. The van der Waals surface area contributed by atoms with Crippen LogP contribution in [-0.2, 0) is 0 Å². The van der Waals surface area contributed by atoms with Gasteiger partial charge in [0.25, 0.3) is 0 Å². The van der Waals surface area contributed by atoms with Crippen LogP contribution in [0.2, 0.25) is 0 Å². The van der Waals surface area contributed by atoms with Crippen LogP contribution in [0.15, 0.2) is 24.4 Å². The van der Waals surface area contributed by atoms with Gasteiger partial charge in [-0.3, -0.25) is 4.98 Å². The molecule has 0 spiro atoms. The molecule has 1 atom stereocenters. The first-order valence-corrected chi connectivity index (χ1v) is 3.39. The minimum atomic E-state index is -0.902. The molecule has 2 heteroatoms. The molecule has 0 amide bonds. The van der Waals surface area contributed by atoms with Crippen molar-refractivity contribution in [2.45, 2.75) is 19.5 Å². The van der Waals surface area contributed by atoms with Gasteiger partial charge in [0.15, 0.2) is 0 Å². The van der Waals surface area contributed by atoms with Gasteiger partial charge in [0.1, 0.15) is 6.17 Å². The van der Waals surface area contributed by atoms with Crippen molar-refractivity contribution in [3.8, 4) is 0 Å². The molecule has 0 fully saturated rings. The predicted molar refractivity (Wildman–Crippen MR) is 38.4 cm³/mol.